The normalized spacial score (nSPS) is 24.8. The van der Waals surface area contributed by atoms with Crippen molar-refractivity contribution >= 4 is 0 Å². The van der Waals surface area contributed by atoms with Gasteiger partial charge in [-0.15, -0.1) is 0 Å². The summed E-state index contributed by atoms with van der Waals surface area (Å²) in [6, 6.07) is 0.194. The highest BCUT2D eigenvalue weighted by molar-refractivity contribution is 5.35. The van der Waals surface area contributed by atoms with Crippen LogP contribution < -0.4 is 5.73 Å². The van der Waals surface area contributed by atoms with Crippen molar-refractivity contribution in [2.24, 2.45) is 11.7 Å². The standard InChI is InChI=1S/C12H17N/c1-9(13)10-3-2-4-11(6-5-10)12-7-8-12/h2,4-6,9,12H,3,7-8,13H2,1H3. The van der Waals surface area contributed by atoms with Gasteiger partial charge in [0.2, 0.25) is 0 Å². The van der Waals surface area contributed by atoms with Crippen LogP contribution in [0.25, 0.3) is 0 Å². The quantitative estimate of drug-likeness (QED) is 0.685. The predicted octanol–water partition coefficient (Wildman–Crippen LogP) is 2.56. The van der Waals surface area contributed by atoms with Crippen LogP contribution >= 0.6 is 0 Å². The maximum Gasteiger partial charge on any atom is 0.0231 e. The number of hydrogen-bond acceptors (Lipinski definition) is 1. The Bertz CT molecular complexity index is 277. The Morgan fingerprint density at radius 2 is 2.15 bits per heavy atom. The first-order valence-corrected chi connectivity index (χ1v) is 5.10. The van der Waals surface area contributed by atoms with E-state index in [0.717, 1.165) is 12.3 Å². The Morgan fingerprint density at radius 1 is 1.38 bits per heavy atom. The smallest absolute Gasteiger partial charge is 0.0231 e. The lowest BCUT2D eigenvalue weighted by Gasteiger charge is -2.06. The van der Waals surface area contributed by atoms with Crippen LogP contribution in [0.3, 0.4) is 0 Å². The molecule has 2 N–H and O–H groups in total. The molecule has 0 aromatic carbocycles. The Balaban J connectivity index is 2.14. The molecule has 0 heterocycles. The molecule has 1 saturated carbocycles. The minimum Gasteiger partial charge on any atom is -0.324 e. The Labute approximate surface area is 80.0 Å². The molecule has 0 aromatic heterocycles. The van der Waals surface area contributed by atoms with Gasteiger partial charge in [-0.2, -0.15) is 0 Å². The van der Waals surface area contributed by atoms with Gasteiger partial charge in [0.05, 0.1) is 0 Å². The van der Waals surface area contributed by atoms with Crippen LogP contribution in [0.1, 0.15) is 26.2 Å². The van der Waals surface area contributed by atoms with E-state index >= 15 is 0 Å². The van der Waals surface area contributed by atoms with Gasteiger partial charge in [0, 0.05) is 6.04 Å². The second-order valence-electron chi connectivity index (χ2n) is 4.08. The van der Waals surface area contributed by atoms with Gasteiger partial charge in [0.25, 0.3) is 0 Å². The fourth-order valence-corrected chi connectivity index (χ4v) is 1.68. The van der Waals surface area contributed by atoms with Crippen LogP contribution in [0.15, 0.2) is 35.5 Å². The monoisotopic (exact) mass is 175 g/mol. The third-order valence-electron chi connectivity index (χ3n) is 2.79. The molecule has 70 valence electrons. The summed E-state index contributed by atoms with van der Waals surface area (Å²) < 4.78 is 0. The van der Waals surface area contributed by atoms with Crippen LogP contribution in [0.5, 0.6) is 0 Å². The second-order valence-corrected chi connectivity index (χ2v) is 4.08. The third kappa shape index (κ3) is 2.10. The van der Waals surface area contributed by atoms with Gasteiger partial charge in [0.15, 0.2) is 0 Å². The van der Waals surface area contributed by atoms with E-state index in [0.29, 0.717) is 0 Å². The van der Waals surface area contributed by atoms with Crippen LogP contribution in [-0.2, 0) is 0 Å². The third-order valence-corrected chi connectivity index (χ3v) is 2.79. The first kappa shape index (κ1) is 8.76. The van der Waals surface area contributed by atoms with Crippen LogP contribution in [-0.4, -0.2) is 6.04 Å². The van der Waals surface area contributed by atoms with Crippen molar-refractivity contribution in [3.8, 4) is 0 Å². The molecule has 0 bridgehead atoms. The minimum atomic E-state index is 0.194. The summed E-state index contributed by atoms with van der Waals surface area (Å²) in [4.78, 5) is 0. The zero-order valence-corrected chi connectivity index (χ0v) is 8.16. The molecule has 0 aliphatic heterocycles. The van der Waals surface area contributed by atoms with Crippen molar-refractivity contribution in [1.29, 1.82) is 0 Å². The number of hydrogen-bond donors (Lipinski definition) is 1. The van der Waals surface area contributed by atoms with E-state index in [4.69, 9.17) is 5.73 Å². The van der Waals surface area contributed by atoms with Crippen LogP contribution in [0.4, 0.5) is 0 Å². The fraction of sp³-hybridized carbons (Fsp3) is 0.500. The molecule has 1 fully saturated rings. The average molecular weight is 175 g/mol. The molecule has 1 unspecified atom stereocenters. The topological polar surface area (TPSA) is 26.0 Å². The maximum absolute atomic E-state index is 5.84. The molecule has 1 atom stereocenters. The molecule has 13 heavy (non-hydrogen) atoms. The predicted molar refractivity (Wildman–Crippen MR) is 56.3 cm³/mol. The van der Waals surface area contributed by atoms with Crippen LogP contribution in [0.2, 0.25) is 0 Å². The molecule has 1 heteroatoms. The summed E-state index contributed by atoms with van der Waals surface area (Å²) in [6.07, 6.45) is 12.7. The highest BCUT2D eigenvalue weighted by Gasteiger charge is 2.24. The van der Waals surface area contributed by atoms with Gasteiger partial charge in [-0.3, -0.25) is 0 Å². The largest absolute Gasteiger partial charge is 0.324 e. The van der Waals surface area contributed by atoms with E-state index < -0.39 is 0 Å². The lowest BCUT2D eigenvalue weighted by molar-refractivity contribution is 0.835. The fourth-order valence-electron chi connectivity index (χ4n) is 1.68. The summed E-state index contributed by atoms with van der Waals surface area (Å²) >= 11 is 0. The SMILES string of the molecule is CC(N)C1=CC=C(C2CC2)C=CC1. The zero-order valence-electron chi connectivity index (χ0n) is 8.16. The number of nitrogens with two attached hydrogens (primary N) is 1. The van der Waals surface area contributed by atoms with Gasteiger partial charge in [0.1, 0.15) is 0 Å². The average Bonchev–Trinajstić information content (AvgIpc) is 2.91. The molecule has 2 rings (SSSR count). The summed E-state index contributed by atoms with van der Waals surface area (Å²) in [6.45, 7) is 2.05. The van der Waals surface area contributed by atoms with E-state index in [1.54, 1.807) is 0 Å². The Morgan fingerprint density at radius 3 is 2.77 bits per heavy atom. The van der Waals surface area contributed by atoms with E-state index in [1.165, 1.54) is 24.0 Å². The summed E-state index contributed by atoms with van der Waals surface area (Å²) in [5, 5.41) is 0. The van der Waals surface area contributed by atoms with Crippen LogP contribution in [0, 0.1) is 5.92 Å². The molecule has 2 aliphatic rings. The van der Waals surface area contributed by atoms with Gasteiger partial charge in [-0.05, 0) is 37.7 Å². The van der Waals surface area contributed by atoms with Crippen molar-refractivity contribution in [3.63, 3.8) is 0 Å². The molecule has 0 amide bonds. The molecule has 0 saturated heterocycles. The molecule has 0 aromatic rings. The maximum atomic E-state index is 5.84. The Hall–Kier alpha value is -0.820. The van der Waals surface area contributed by atoms with Crippen molar-refractivity contribution < 1.29 is 0 Å². The molecule has 0 spiro atoms. The van der Waals surface area contributed by atoms with E-state index in [2.05, 4.69) is 31.2 Å². The zero-order chi connectivity index (χ0) is 9.26. The van der Waals surface area contributed by atoms with E-state index in [1.807, 2.05) is 0 Å². The Kier molecular flexibility index (Phi) is 2.36. The first-order valence-electron chi connectivity index (χ1n) is 5.10. The lowest BCUT2D eigenvalue weighted by atomic mass is 10.1. The summed E-state index contributed by atoms with van der Waals surface area (Å²) in [5.74, 6) is 0.847. The van der Waals surface area contributed by atoms with E-state index in [9.17, 15) is 0 Å². The second kappa shape index (κ2) is 3.51. The molecule has 1 nitrogen and oxygen atoms in total. The first-order chi connectivity index (χ1) is 6.27. The van der Waals surface area contributed by atoms with Gasteiger partial charge >= 0.3 is 0 Å². The van der Waals surface area contributed by atoms with Gasteiger partial charge in [-0.25, -0.2) is 0 Å². The van der Waals surface area contributed by atoms with Crippen molar-refractivity contribution in [2.45, 2.75) is 32.2 Å². The highest BCUT2D eigenvalue weighted by atomic mass is 14.6. The minimum absolute atomic E-state index is 0.194. The van der Waals surface area contributed by atoms with Gasteiger partial charge in [-0.1, -0.05) is 29.9 Å². The number of allylic oxidation sites excluding steroid dienone is 5. The summed E-state index contributed by atoms with van der Waals surface area (Å²) in [5.41, 5.74) is 8.68. The molecule has 2 aliphatic carbocycles. The van der Waals surface area contributed by atoms with E-state index in [-0.39, 0.29) is 6.04 Å². The van der Waals surface area contributed by atoms with Crippen molar-refractivity contribution in [2.75, 3.05) is 0 Å². The van der Waals surface area contributed by atoms with Crippen molar-refractivity contribution in [3.05, 3.63) is 35.5 Å². The lowest BCUT2D eigenvalue weighted by Crippen LogP contribution is -2.17. The van der Waals surface area contributed by atoms with Gasteiger partial charge < -0.3 is 5.73 Å². The molecular formula is C12H17N. The summed E-state index contributed by atoms with van der Waals surface area (Å²) in [7, 11) is 0. The number of rotatable bonds is 2. The highest BCUT2D eigenvalue weighted by Crippen LogP contribution is 2.37. The van der Waals surface area contributed by atoms with Crippen molar-refractivity contribution in [1.82, 2.24) is 0 Å². The molecular weight excluding hydrogens is 158 g/mol. The molecule has 0 radical (unpaired) electrons.